The van der Waals surface area contributed by atoms with E-state index in [9.17, 15) is 22.7 Å². The summed E-state index contributed by atoms with van der Waals surface area (Å²) < 4.78 is 50.5. The molecule has 1 aromatic rings. The number of alkyl halides is 3. The van der Waals surface area contributed by atoms with Crippen LogP contribution in [0, 0.1) is 5.82 Å². The van der Waals surface area contributed by atoms with Gasteiger partial charge in [-0.05, 0) is 30.2 Å². The van der Waals surface area contributed by atoms with Crippen LogP contribution >= 0.6 is 0 Å². The zero-order valence-corrected chi connectivity index (χ0v) is 10.6. The van der Waals surface area contributed by atoms with Gasteiger partial charge in [0.15, 0.2) is 0 Å². The van der Waals surface area contributed by atoms with E-state index < -0.39 is 23.7 Å². The highest BCUT2D eigenvalue weighted by Crippen LogP contribution is 2.30. The fourth-order valence-corrected chi connectivity index (χ4v) is 1.73. The summed E-state index contributed by atoms with van der Waals surface area (Å²) in [5.74, 6) is -0.916. The molecule has 2 nitrogen and oxygen atoms in total. The summed E-state index contributed by atoms with van der Waals surface area (Å²) in [6, 6.07) is 2.42. The van der Waals surface area contributed by atoms with E-state index in [0.29, 0.717) is 12.5 Å². The second-order valence-electron chi connectivity index (χ2n) is 4.42. The van der Waals surface area contributed by atoms with E-state index in [0.717, 1.165) is 18.6 Å². The van der Waals surface area contributed by atoms with Gasteiger partial charge in [-0.3, -0.25) is 0 Å². The molecule has 0 aliphatic heterocycles. The van der Waals surface area contributed by atoms with Gasteiger partial charge in [0, 0.05) is 13.1 Å². The fourth-order valence-electron chi connectivity index (χ4n) is 1.73. The van der Waals surface area contributed by atoms with Crippen LogP contribution in [0.15, 0.2) is 18.2 Å². The van der Waals surface area contributed by atoms with E-state index in [-0.39, 0.29) is 18.7 Å². The van der Waals surface area contributed by atoms with Gasteiger partial charge in [0.05, 0.1) is 11.7 Å². The topological polar surface area (TPSA) is 32.3 Å². The number of aliphatic hydroxyl groups excluding tert-OH is 1. The smallest absolute Gasteiger partial charge is 0.392 e. The maximum atomic E-state index is 13.1. The Balaban J connectivity index is 2.61. The van der Waals surface area contributed by atoms with Gasteiger partial charge >= 0.3 is 6.18 Å². The molecular weight excluding hydrogens is 262 g/mol. The van der Waals surface area contributed by atoms with Gasteiger partial charge in [-0.25, -0.2) is 4.39 Å². The predicted octanol–water partition coefficient (Wildman–Crippen LogP) is 3.10. The lowest BCUT2D eigenvalue weighted by Crippen LogP contribution is -2.26. The lowest BCUT2D eigenvalue weighted by atomic mass is 10.1. The molecule has 1 rings (SSSR count). The van der Waals surface area contributed by atoms with Crippen LogP contribution in [-0.4, -0.2) is 17.8 Å². The third-order valence-electron chi connectivity index (χ3n) is 2.62. The van der Waals surface area contributed by atoms with Crippen molar-refractivity contribution < 1.29 is 22.7 Å². The van der Waals surface area contributed by atoms with Gasteiger partial charge in [-0.2, -0.15) is 13.2 Å². The van der Waals surface area contributed by atoms with Crippen molar-refractivity contribution in [3.63, 3.8) is 0 Å². The molecule has 1 unspecified atom stereocenters. The number of hydrogen-bond acceptors (Lipinski definition) is 2. The zero-order valence-electron chi connectivity index (χ0n) is 10.6. The molecule has 0 bridgehead atoms. The highest BCUT2D eigenvalue weighted by atomic mass is 19.4. The molecule has 0 heterocycles. The van der Waals surface area contributed by atoms with Crippen molar-refractivity contribution in [3.8, 4) is 0 Å². The molecule has 0 aliphatic rings. The highest BCUT2D eigenvalue weighted by molar-refractivity contribution is 5.26. The van der Waals surface area contributed by atoms with Gasteiger partial charge in [0.25, 0.3) is 0 Å². The molecule has 0 amide bonds. The summed E-state index contributed by atoms with van der Waals surface area (Å²) in [5.41, 5.74) is -0.797. The first-order valence-corrected chi connectivity index (χ1v) is 6.08. The van der Waals surface area contributed by atoms with Crippen LogP contribution in [0.2, 0.25) is 0 Å². The summed E-state index contributed by atoms with van der Waals surface area (Å²) in [6.45, 7) is 2.28. The third kappa shape index (κ3) is 5.57. The number of halogens is 4. The second kappa shape index (κ2) is 6.86. The van der Waals surface area contributed by atoms with E-state index in [4.69, 9.17) is 0 Å². The molecule has 0 aromatic heterocycles. The summed E-state index contributed by atoms with van der Waals surface area (Å²) in [5, 5.41) is 12.3. The van der Waals surface area contributed by atoms with Crippen LogP contribution in [-0.2, 0) is 12.7 Å². The normalized spacial score (nSPS) is 13.6. The molecule has 1 aromatic carbocycles. The Morgan fingerprint density at radius 2 is 1.95 bits per heavy atom. The maximum Gasteiger partial charge on any atom is 0.416 e. The standard InChI is InChI=1S/C13H17F4NO/c1-2-3-12(19)8-18-7-9-4-10(13(15,16)17)6-11(14)5-9/h4-6,12,18-19H,2-3,7-8H2,1H3. The minimum absolute atomic E-state index is 0.0849. The van der Waals surface area contributed by atoms with Gasteiger partial charge in [0.2, 0.25) is 0 Å². The number of nitrogens with one attached hydrogen (secondary N) is 1. The SMILES string of the molecule is CCCC(O)CNCc1cc(F)cc(C(F)(F)F)c1. The third-order valence-corrected chi connectivity index (χ3v) is 2.62. The predicted molar refractivity (Wildman–Crippen MR) is 64.0 cm³/mol. The van der Waals surface area contributed by atoms with Crippen molar-refractivity contribution >= 4 is 0 Å². The summed E-state index contributed by atoms with van der Waals surface area (Å²) in [7, 11) is 0. The zero-order chi connectivity index (χ0) is 14.5. The van der Waals surface area contributed by atoms with Gasteiger partial charge in [-0.1, -0.05) is 13.3 Å². The van der Waals surface area contributed by atoms with Crippen molar-refractivity contribution in [1.82, 2.24) is 5.32 Å². The molecule has 0 saturated heterocycles. The van der Waals surface area contributed by atoms with Crippen LogP contribution in [0.3, 0.4) is 0 Å². The number of benzene rings is 1. The van der Waals surface area contributed by atoms with Gasteiger partial charge < -0.3 is 10.4 Å². The summed E-state index contributed by atoms with van der Waals surface area (Å²) >= 11 is 0. The molecule has 108 valence electrons. The first-order valence-electron chi connectivity index (χ1n) is 6.08. The van der Waals surface area contributed by atoms with Crippen molar-refractivity contribution in [2.24, 2.45) is 0 Å². The minimum Gasteiger partial charge on any atom is -0.392 e. The Morgan fingerprint density at radius 1 is 1.26 bits per heavy atom. The summed E-state index contributed by atoms with van der Waals surface area (Å²) in [6.07, 6.45) is -3.66. The van der Waals surface area contributed by atoms with E-state index >= 15 is 0 Å². The largest absolute Gasteiger partial charge is 0.416 e. The molecule has 6 heteroatoms. The van der Waals surface area contributed by atoms with E-state index in [1.807, 2.05) is 6.92 Å². The highest BCUT2D eigenvalue weighted by Gasteiger charge is 2.31. The van der Waals surface area contributed by atoms with Crippen molar-refractivity contribution in [2.75, 3.05) is 6.54 Å². The lowest BCUT2D eigenvalue weighted by Gasteiger charge is -2.12. The van der Waals surface area contributed by atoms with Crippen LogP contribution in [0.4, 0.5) is 17.6 Å². The van der Waals surface area contributed by atoms with E-state index in [1.165, 1.54) is 0 Å². The average molecular weight is 279 g/mol. The quantitative estimate of drug-likeness (QED) is 0.784. The number of rotatable bonds is 6. The fraction of sp³-hybridized carbons (Fsp3) is 0.538. The molecule has 0 radical (unpaired) electrons. The van der Waals surface area contributed by atoms with Crippen LogP contribution in [0.5, 0.6) is 0 Å². The number of aliphatic hydroxyl groups is 1. The molecule has 1 atom stereocenters. The lowest BCUT2D eigenvalue weighted by molar-refractivity contribution is -0.137. The Bertz CT molecular complexity index is 406. The summed E-state index contributed by atoms with van der Waals surface area (Å²) in [4.78, 5) is 0. The van der Waals surface area contributed by atoms with Crippen LogP contribution < -0.4 is 5.32 Å². The van der Waals surface area contributed by atoms with Crippen LogP contribution in [0.25, 0.3) is 0 Å². The molecule has 19 heavy (non-hydrogen) atoms. The van der Waals surface area contributed by atoms with Crippen LogP contribution in [0.1, 0.15) is 30.9 Å². The molecular formula is C13H17F4NO. The average Bonchev–Trinajstić information content (AvgIpc) is 2.27. The second-order valence-corrected chi connectivity index (χ2v) is 4.42. The first-order chi connectivity index (χ1) is 8.82. The molecule has 0 aliphatic carbocycles. The minimum atomic E-state index is -4.56. The number of hydrogen-bond donors (Lipinski definition) is 2. The maximum absolute atomic E-state index is 13.1. The Hall–Kier alpha value is -1.14. The molecule has 0 spiro atoms. The molecule has 0 fully saturated rings. The Kier molecular flexibility index (Phi) is 5.75. The van der Waals surface area contributed by atoms with Crippen molar-refractivity contribution in [1.29, 1.82) is 0 Å². The van der Waals surface area contributed by atoms with Crippen molar-refractivity contribution in [3.05, 3.63) is 35.1 Å². The monoisotopic (exact) mass is 279 g/mol. The Morgan fingerprint density at radius 3 is 2.53 bits per heavy atom. The van der Waals surface area contributed by atoms with Crippen molar-refractivity contribution in [2.45, 2.75) is 38.6 Å². The first kappa shape index (κ1) is 15.9. The van der Waals surface area contributed by atoms with Gasteiger partial charge in [0.1, 0.15) is 5.82 Å². The van der Waals surface area contributed by atoms with Gasteiger partial charge in [-0.15, -0.1) is 0 Å². The molecule has 2 N–H and O–H groups in total. The van der Waals surface area contributed by atoms with E-state index in [1.54, 1.807) is 0 Å². The van der Waals surface area contributed by atoms with E-state index in [2.05, 4.69) is 5.32 Å². The Labute approximate surface area is 109 Å². The molecule has 0 saturated carbocycles.